The number of aromatic nitrogens is 4. The standard InChI is InChI=1S/C16H13ClFN5O3/c17-13-2-1-3-14(18)12(13)8-23-7-11(5-20-23)21-16(26)10-4-19-22(6-10)9-15(24)25/h1-7H,8-9H2,(H,21,26)(H,24,25). The van der Waals surface area contributed by atoms with E-state index in [2.05, 4.69) is 15.5 Å². The number of hydrogen-bond donors (Lipinski definition) is 2. The van der Waals surface area contributed by atoms with Crippen molar-refractivity contribution in [3.8, 4) is 0 Å². The summed E-state index contributed by atoms with van der Waals surface area (Å²) in [4.78, 5) is 22.8. The minimum absolute atomic E-state index is 0.109. The molecule has 0 spiro atoms. The lowest BCUT2D eigenvalue weighted by atomic mass is 10.2. The number of halogens is 2. The Bertz CT molecular complexity index is 948. The maximum atomic E-state index is 13.8. The van der Waals surface area contributed by atoms with Crippen molar-refractivity contribution in [2.45, 2.75) is 13.1 Å². The van der Waals surface area contributed by atoms with E-state index < -0.39 is 17.7 Å². The van der Waals surface area contributed by atoms with E-state index >= 15 is 0 Å². The van der Waals surface area contributed by atoms with Crippen LogP contribution in [0.4, 0.5) is 10.1 Å². The van der Waals surface area contributed by atoms with Gasteiger partial charge >= 0.3 is 5.97 Å². The number of carbonyl (C=O) groups is 2. The van der Waals surface area contributed by atoms with E-state index in [1.165, 1.54) is 41.6 Å². The Balaban J connectivity index is 1.67. The summed E-state index contributed by atoms with van der Waals surface area (Å²) in [6.07, 6.45) is 5.53. The Morgan fingerprint density at radius 1 is 1.19 bits per heavy atom. The molecule has 26 heavy (non-hydrogen) atoms. The first-order valence-corrected chi connectivity index (χ1v) is 7.81. The summed E-state index contributed by atoms with van der Waals surface area (Å²) >= 11 is 5.99. The second-order valence-corrected chi connectivity index (χ2v) is 5.81. The van der Waals surface area contributed by atoms with Crippen LogP contribution in [0.3, 0.4) is 0 Å². The molecule has 0 saturated heterocycles. The van der Waals surface area contributed by atoms with E-state index in [9.17, 15) is 14.0 Å². The molecule has 2 heterocycles. The lowest BCUT2D eigenvalue weighted by Gasteiger charge is -2.05. The van der Waals surface area contributed by atoms with Crippen molar-refractivity contribution in [3.63, 3.8) is 0 Å². The Morgan fingerprint density at radius 3 is 2.69 bits per heavy atom. The van der Waals surface area contributed by atoms with Gasteiger partial charge in [-0.1, -0.05) is 17.7 Å². The van der Waals surface area contributed by atoms with Crippen molar-refractivity contribution in [1.82, 2.24) is 19.6 Å². The highest BCUT2D eigenvalue weighted by Crippen LogP contribution is 2.20. The molecule has 8 nitrogen and oxygen atoms in total. The van der Waals surface area contributed by atoms with Crippen LogP contribution in [-0.2, 0) is 17.9 Å². The molecule has 0 aliphatic rings. The van der Waals surface area contributed by atoms with Gasteiger partial charge in [0, 0.05) is 23.0 Å². The number of hydrogen-bond acceptors (Lipinski definition) is 4. The van der Waals surface area contributed by atoms with Crippen molar-refractivity contribution < 1.29 is 19.1 Å². The van der Waals surface area contributed by atoms with Crippen LogP contribution in [0, 0.1) is 5.82 Å². The van der Waals surface area contributed by atoms with Crippen LogP contribution in [0.5, 0.6) is 0 Å². The fourth-order valence-electron chi connectivity index (χ4n) is 2.27. The number of nitrogens with one attached hydrogen (secondary N) is 1. The van der Waals surface area contributed by atoms with Crippen molar-refractivity contribution in [2.75, 3.05) is 5.32 Å². The quantitative estimate of drug-likeness (QED) is 0.686. The zero-order valence-electron chi connectivity index (χ0n) is 13.3. The minimum atomic E-state index is -1.06. The molecule has 3 rings (SSSR count). The van der Waals surface area contributed by atoms with Gasteiger partial charge in [-0.05, 0) is 12.1 Å². The van der Waals surface area contributed by atoms with Gasteiger partial charge in [-0.15, -0.1) is 0 Å². The predicted octanol–water partition coefficient (Wildman–Crippen LogP) is 2.26. The summed E-state index contributed by atoms with van der Waals surface area (Å²) in [5.41, 5.74) is 0.898. The van der Waals surface area contributed by atoms with Gasteiger partial charge in [-0.3, -0.25) is 19.0 Å². The largest absolute Gasteiger partial charge is 0.480 e. The van der Waals surface area contributed by atoms with Crippen molar-refractivity contribution in [3.05, 3.63) is 65.0 Å². The Hall–Kier alpha value is -3.20. The van der Waals surface area contributed by atoms with Crippen molar-refractivity contribution in [2.24, 2.45) is 0 Å². The fraction of sp³-hybridized carbons (Fsp3) is 0.125. The second kappa shape index (κ2) is 7.36. The lowest BCUT2D eigenvalue weighted by Crippen LogP contribution is -2.12. The van der Waals surface area contributed by atoms with Crippen LogP contribution in [0.2, 0.25) is 5.02 Å². The van der Waals surface area contributed by atoms with E-state index in [1.807, 2.05) is 0 Å². The molecule has 0 atom stereocenters. The van der Waals surface area contributed by atoms with Gasteiger partial charge in [0.05, 0.1) is 30.2 Å². The van der Waals surface area contributed by atoms with Crippen molar-refractivity contribution >= 4 is 29.2 Å². The molecule has 1 aromatic carbocycles. The number of carboxylic acids is 1. The number of benzene rings is 1. The van der Waals surface area contributed by atoms with E-state index in [-0.39, 0.29) is 23.7 Å². The Morgan fingerprint density at radius 2 is 1.96 bits per heavy atom. The molecule has 0 radical (unpaired) electrons. The molecular formula is C16H13ClFN5O3. The number of nitrogens with zero attached hydrogens (tertiary/aromatic N) is 4. The van der Waals surface area contributed by atoms with Gasteiger partial charge in [-0.2, -0.15) is 10.2 Å². The number of anilines is 1. The number of aliphatic carboxylic acids is 1. The normalized spacial score (nSPS) is 10.7. The molecule has 10 heteroatoms. The van der Waals surface area contributed by atoms with Gasteiger partial charge in [0.1, 0.15) is 12.4 Å². The zero-order chi connectivity index (χ0) is 18.7. The van der Waals surface area contributed by atoms with E-state index in [0.29, 0.717) is 11.3 Å². The Labute approximate surface area is 151 Å². The molecule has 0 fully saturated rings. The molecule has 0 aliphatic heterocycles. The highest BCUT2D eigenvalue weighted by atomic mass is 35.5. The molecule has 0 aliphatic carbocycles. The summed E-state index contributed by atoms with van der Waals surface area (Å²) < 4.78 is 16.4. The molecule has 0 saturated carbocycles. The fourth-order valence-corrected chi connectivity index (χ4v) is 2.49. The van der Waals surface area contributed by atoms with E-state index in [1.54, 1.807) is 6.07 Å². The highest BCUT2D eigenvalue weighted by molar-refractivity contribution is 6.31. The SMILES string of the molecule is O=C(O)Cn1cc(C(=O)Nc2cnn(Cc3c(F)cccc3Cl)c2)cn1. The van der Waals surface area contributed by atoms with E-state index in [0.717, 1.165) is 4.68 Å². The number of amides is 1. The van der Waals surface area contributed by atoms with Crippen LogP contribution >= 0.6 is 11.6 Å². The summed E-state index contributed by atoms with van der Waals surface area (Å²) in [7, 11) is 0. The van der Waals surface area contributed by atoms with Gasteiger partial charge in [0.2, 0.25) is 0 Å². The third-order valence-electron chi connectivity index (χ3n) is 3.47. The predicted molar refractivity (Wildman–Crippen MR) is 90.6 cm³/mol. The molecule has 0 unspecified atom stereocenters. The van der Waals surface area contributed by atoms with Crippen LogP contribution in [0.1, 0.15) is 15.9 Å². The summed E-state index contributed by atoms with van der Waals surface area (Å²) in [5, 5.41) is 19.5. The van der Waals surface area contributed by atoms with E-state index in [4.69, 9.17) is 16.7 Å². The maximum Gasteiger partial charge on any atom is 0.325 e. The molecular weight excluding hydrogens is 365 g/mol. The number of rotatable bonds is 6. The Kier molecular flexibility index (Phi) is 4.99. The first-order valence-electron chi connectivity index (χ1n) is 7.43. The van der Waals surface area contributed by atoms with Gasteiger partial charge in [0.15, 0.2) is 0 Å². The van der Waals surface area contributed by atoms with Crippen LogP contribution in [0.25, 0.3) is 0 Å². The first kappa shape index (κ1) is 17.6. The van der Waals surface area contributed by atoms with Crippen LogP contribution < -0.4 is 5.32 Å². The number of carboxylic acid groups (broad SMARTS) is 1. The smallest absolute Gasteiger partial charge is 0.325 e. The molecule has 3 aromatic rings. The van der Waals surface area contributed by atoms with Crippen LogP contribution in [-0.4, -0.2) is 36.5 Å². The topological polar surface area (TPSA) is 102 Å². The summed E-state index contributed by atoms with van der Waals surface area (Å²) in [6.45, 7) is -0.230. The third-order valence-corrected chi connectivity index (χ3v) is 3.82. The third kappa shape index (κ3) is 4.06. The minimum Gasteiger partial charge on any atom is -0.480 e. The van der Waals surface area contributed by atoms with Gasteiger partial charge < -0.3 is 10.4 Å². The zero-order valence-corrected chi connectivity index (χ0v) is 14.0. The maximum absolute atomic E-state index is 13.8. The van der Waals surface area contributed by atoms with Gasteiger partial charge in [-0.25, -0.2) is 4.39 Å². The molecule has 2 aromatic heterocycles. The van der Waals surface area contributed by atoms with Crippen LogP contribution in [0.15, 0.2) is 43.0 Å². The average Bonchev–Trinajstić information content (AvgIpc) is 3.20. The highest BCUT2D eigenvalue weighted by Gasteiger charge is 2.13. The second-order valence-electron chi connectivity index (χ2n) is 5.40. The number of carbonyl (C=O) groups excluding carboxylic acids is 1. The molecule has 134 valence electrons. The summed E-state index contributed by atoms with van der Waals surface area (Å²) in [5.74, 6) is -1.97. The molecule has 2 N–H and O–H groups in total. The molecule has 1 amide bonds. The summed E-state index contributed by atoms with van der Waals surface area (Å²) in [6, 6.07) is 4.41. The monoisotopic (exact) mass is 377 g/mol. The molecule has 0 bridgehead atoms. The van der Waals surface area contributed by atoms with Crippen molar-refractivity contribution in [1.29, 1.82) is 0 Å². The first-order chi connectivity index (χ1) is 12.4. The lowest BCUT2D eigenvalue weighted by molar-refractivity contribution is -0.137. The average molecular weight is 378 g/mol. The van der Waals surface area contributed by atoms with Gasteiger partial charge in [0.25, 0.3) is 5.91 Å².